The number of aryl methyl sites for hydroxylation is 1. The van der Waals surface area contributed by atoms with E-state index in [1.165, 1.54) is 0 Å². The third-order valence-electron chi connectivity index (χ3n) is 2.66. The molecule has 0 aliphatic heterocycles. The highest BCUT2D eigenvalue weighted by atomic mass is 32.1. The summed E-state index contributed by atoms with van der Waals surface area (Å²) < 4.78 is 0. The summed E-state index contributed by atoms with van der Waals surface area (Å²) in [6.07, 6.45) is 1.22. The van der Waals surface area contributed by atoms with Crippen molar-refractivity contribution in [3.05, 3.63) is 52.2 Å². The Morgan fingerprint density at radius 2 is 2.17 bits per heavy atom. The number of amides is 1. The van der Waals surface area contributed by atoms with E-state index in [-0.39, 0.29) is 5.91 Å². The standard InChI is InChI=1S/C14H16N2OS/c15-13-3-1-2-11(8-13)4-5-14(17)16-9-12-6-7-18-10-12/h1-3,6-8,10H,4-5,9,15H2,(H,16,17). The van der Waals surface area contributed by atoms with Crippen LogP contribution in [0.4, 0.5) is 5.69 Å². The lowest BCUT2D eigenvalue weighted by molar-refractivity contribution is -0.121. The van der Waals surface area contributed by atoms with E-state index in [9.17, 15) is 4.79 Å². The van der Waals surface area contributed by atoms with Crippen molar-refractivity contribution in [2.75, 3.05) is 5.73 Å². The van der Waals surface area contributed by atoms with Crippen molar-refractivity contribution in [3.8, 4) is 0 Å². The number of hydrogen-bond donors (Lipinski definition) is 2. The van der Waals surface area contributed by atoms with Gasteiger partial charge in [-0.3, -0.25) is 4.79 Å². The number of benzene rings is 1. The van der Waals surface area contributed by atoms with Crippen LogP contribution in [0.15, 0.2) is 41.1 Å². The quantitative estimate of drug-likeness (QED) is 0.812. The van der Waals surface area contributed by atoms with Crippen LogP contribution < -0.4 is 11.1 Å². The zero-order chi connectivity index (χ0) is 12.8. The Bertz CT molecular complexity index is 508. The van der Waals surface area contributed by atoms with Crippen LogP contribution in [0.1, 0.15) is 17.5 Å². The SMILES string of the molecule is Nc1cccc(CCC(=O)NCc2ccsc2)c1. The van der Waals surface area contributed by atoms with E-state index < -0.39 is 0 Å². The monoisotopic (exact) mass is 260 g/mol. The van der Waals surface area contributed by atoms with Crippen LogP contribution in [0.3, 0.4) is 0 Å². The lowest BCUT2D eigenvalue weighted by atomic mass is 10.1. The summed E-state index contributed by atoms with van der Waals surface area (Å²) in [7, 11) is 0. The molecule has 1 amide bonds. The molecular formula is C14H16N2OS. The molecule has 0 atom stereocenters. The van der Waals surface area contributed by atoms with Crippen molar-refractivity contribution in [2.24, 2.45) is 0 Å². The molecule has 0 bridgehead atoms. The first kappa shape index (κ1) is 12.6. The molecule has 94 valence electrons. The summed E-state index contributed by atoms with van der Waals surface area (Å²) in [6.45, 7) is 0.610. The average Bonchev–Trinajstić information content (AvgIpc) is 2.87. The largest absolute Gasteiger partial charge is 0.399 e. The Labute approximate surface area is 111 Å². The molecule has 0 fully saturated rings. The molecule has 0 unspecified atom stereocenters. The van der Waals surface area contributed by atoms with Gasteiger partial charge in [0.05, 0.1) is 0 Å². The van der Waals surface area contributed by atoms with Gasteiger partial charge in [0.25, 0.3) is 0 Å². The Hall–Kier alpha value is -1.81. The van der Waals surface area contributed by atoms with Gasteiger partial charge >= 0.3 is 0 Å². The molecule has 0 aliphatic rings. The minimum Gasteiger partial charge on any atom is -0.399 e. The topological polar surface area (TPSA) is 55.1 Å². The summed E-state index contributed by atoms with van der Waals surface area (Å²) in [5.41, 5.74) is 8.68. The van der Waals surface area contributed by atoms with E-state index in [1.807, 2.05) is 41.1 Å². The first-order valence-electron chi connectivity index (χ1n) is 5.86. The number of carbonyl (C=O) groups is 1. The number of nitrogens with two attached hydrogens (primary N) is 1. The Balaban J connectivity index is 1.75. The van der Waals surface area contributed by atoms with E-state index in [2.05, 4.69) is 5.32 Å². The summed E-state index contributed by atoms with van der Waals surface area (Å²) >= 11 is 1.64. The van der Waals surface area contributed by atoms with Crippen molar-refractivity contribution in [1.82, 2.24) is 5.32 Å². The van der Waals surface area contributed by atoms with E-state index in [0.29, 0.717) is 13.0 Å². The second-order valence-electron chi connectivity index (χ2n) is 4.15. The Kier molecular flexibility index (Phi) is 4.36. The number of hydrogen-bond acceptors (Lipinski definition) is 3. The normalized spacial score (nSPS) is 10.2. The van der Waals surface area contributed by atoms with Gasteiger partial charge < -0.3 is 11.1 Å². The number of anilines is 1. The number of carbonyl (C=O) groups excluding carboxylic acids is 1. The Morgan fingerprint density at radius 1 is 1.28 bits per heavy atom. The van der Waals surface area contributed by atoms with Crippen LogP contribution in [-0.2, 0) is 17.8 Å². The molecule has 2 aromatic rings. The molecule has 2 rings (SSSR count). The van der Waals surface area contributed by atoms with Crippen molar-refractivity contribution < 1.29 is 4.79 Å². The van der Waals surface area contributed by atoms with Crippen LogP contribution >= 0.6 is 11.3 Å². The van der Waals surface area contributed by atoms with Gasteiger partial charge in [0.2, 0.25) is 5.91 Å². The van der Waals surface area contributed by atoms with Crippen LogP contribution in [0.5, 0.6) is 0 Å². The highest BCUT2D eigenvalue weighted by Gasteiger charge is 2.02. The van der Waals surface area contributed by atoms with Gasteiger partial charge in [0.15, 0.2) is 0 Å². The number of nitrogens with one attached hydrogen (secondary N) is 1. The summed E-state index contributed by atoms with van der Waals surface area (Å²) in [5, 5.41) is 6.95. The predicted octanol–water partition coefficient (Wildman–Crippen LogP) is 2.58. The molecule has 1 aromatic carbocycles. The van der Waals surface area contributed by atoms with Gasteiger partial charge in [-0.05, 0) is 46.5 Å². The molecule has 0 saturated carbocycles. The molecule has 0 radical (unpaired) electrons. The highest BCUT2D eigenvalue weighted by Crippen LogP contribution is 2.09. The molecular weight excluding hydrogens is 244 g/mol. The van der Waals surface area contributed by atoms with Crippen LogP contribution in [-0.4, -0.2) is 5.91 Å². The zero-order valence-electron chi connectivity index (χ0n) is 10.1. The van der Waals surface area contributed by atoms with Crippen LogP contribution in [0, 0.1) is 0 Å². The van der Waals surface area contributed by atoms with Crippen molar-refractivity contribution in [3.63, 3.8) is 0 Å². The fourth-order valence-electron chi connectivity index (χ4n) is 1.69. The van der Waals surface area contributed by atoms with Gasteiger partial charge in [-0.1, -0.05) is 12.1 Å². The number of thiophene rings is 1. The first-order chi connectivity index (χ1) is 8.74. The number of nitrogen functional groups attached to an aromatic ring is 1. The first-order valence-corrected chi connectivity index (χ1v) is 6.80. The second kappa shape index (κ2) is 6.21. The fraction of sp³-hybridized carbons (Fsp3) is 0.214. The highest BCUT2D eigenvalue weighted by molar-refractivity contribution is 7.07. The summed E-state index contributed by atoms with van der Waals surface area (Å²) in [5.74, 6) is 0.0728. The summed E-state index contributed by atoms with van der Waals surface area (Å²) in [4.78, 5) is 11.7. The van der Waals surface area contributed by atoms with Crippen LogP contribution in [0.2, 0.25) is 0 Å². The molecule has 0 saturated heterocycles. The van der Waals surface area contributed by atoms with Crippen molar-refractivity contribution >= 4 is 22.9 Å². The molecule has 18 heavy (non-hydrogen) atoms. The smallest absolute Gasteiger partial charge is 0.220 e. The summed E-state index contributed by atoms with van der Waals surface area (Å²) in [6, 6.07) is 9.67. The number of rotatable bonds is 5. The molecule has 4 heteroatoms. The molecule has 1 aromatic heterocycles. The van der Waals surface area contributed by atoms with Gasteiger partial charge in [-0.15, -0.1) is 0 Å². The molecule has 1 heterocycles. The third kappa shape index (κ3) is 3.89. The van der Waals surface area contributed by atoms with Gasteiger partial charge in [-0.2, -0.15) is 11.3 Å². The third-order valence-corrected chi connectivity index (χ3v) is 3.39. The minimum atomic E-state index is 0.0728. The van der Waals surface area contributed by atoms with Crippen LogP contribution in [0.25, 0.3) is 0 Å². The van der Waals surface area contributed by atoms with E-state index in [4.69, 9.17) is 5.73 Å². The molecule has 0 spiro atoms. The fourth-order valence-corrected chi connectivity index (χ4v) is 2.36. The maximum Gasteiger partial charge on any atom is 0.220 e. The predicted molar refractivity (Wildman–Crippen MR) is 75.3 cm³/mol. The molecule has 0 aliphatic carbocycles. The minimum absolute atomic E-state index is 0.0728. The van der Waals surface area contributed by atoms with Crippen molar-refractivity contribution in [1.29, 1.82) is 0 Å². The lowest BCUT2D eigenvalue weighted by Gasteiger charge is -2.04. The van der Waals surface area contributed by atoms with E-state index in [0.717, 1.165) is 23.2 Å². The Morgan fingerprint density at radius 3 is 2.89 bits per heavy atom. The van der Waals surface area contributed by atoms with E-state index in [1.54, 1.807) is 11.3 Å². The van der Waals surface area contributed by atoms with E-state index >= 15 is 0 Å². The maximum atomic E-state index is 11.7. The molecule has 3 nitrogen and oxygen atoms in total. The molecule has 3 N–H and O–H groups in total. The van der Waals surface area contributed by atoms with Crippen molar-refractivity contribution in [2.45, 2.75) is 19.4 Å². The van der Waals surface area contributed by atoms with Gasteiger partial charge in [0.1, 0.15) is 0 Å². The zero-order valence-corrected chi connectivity index (χ0v) is 10.9. The second-order valence-corrected chi connectivity index (χ2v) is 4.93. The lowest BCUT2D eigenvalue weighted by Crippen LogP contribution is -2.22. The maximum absolute atomic E-state index is 11.7. The van der Waals surface area contributed by atoms with Gasteiger partial charge in [-0.25, -0.2) is 0 Å². The average molecular weight is 260 g/mol. The van der Waals surface area contributed by atoms with Gasteiger partial charge in [0, 0.05) is 18.7 Å².